The second-order valence-corrected chi connectivity index (χ2v) is 10.3. The number of isothiocyanates is 1. The number of fused-ring (bicyclic) bond motifs is 2. The lowest BCUT2D eigenvalue weighted by molar-refractivity contribution is 0.256. The molecule has 0 bridgehead atoms. The Labute approximate surface area is 195 Å². The van der Waals surface area contributed by atoms with E-state index in [-0.39, 0.29) is 16.9 Å². The summed E-state index contributed by atoms with van der Waals surface area (Å²) >= 11 is 11.9. The molecule has 1 atom stereocenters. The Kier molecular flexibility index (Phi) is 6.15. The van der Waals surface area contributed by atoms with E-state index in [9.17, 15) is 0 Å². The van der Waals surface area contributed by atoms with E-state index in [4.69, 9.17) is 28.6 Å². The van der Waals surface area contributed by atoms with E-state index >= 15 is 0 Å². The number of nitrogens with zero attached hydrogens (tertiary/aromatic N) is 2. The molecule has 1 spiro atoms. The predicted molar refractivity (Wildman–Crippen MR) is 132 cm³/mol. The van der Waals surface area contributed by atoms with Crippen LogP contribution in [0.5, 0.6) is 5.75 Å². The van der Waals surface area contributed by atoms with Gasteiger partial charge in [-0.3, -0.25) is 0 Å². The van der Waals surface area contributed by atoms with Gasteiger partial charge in [-0.1, -0.05) is 50.6 Å². The van der Waals surface area contributed by atoms with Gasteiger partial charge in [-0.05, 0) is 61.8 Å². The summed E-state index contributed by atoms with van der Waals surface area (Å²) in [6.07, 6.45) is 1.99. The highest BCUT2D eigenvalue weighted by Crippen LogP contribution is 2.62. The third-order valence-corrected chi connectivity index (χ3v) is 6.87. The molecule has 0 radical (unpaired) electrons. The highest BCUT2D eigenvalue weighted by molar-refractivity contribution is 7.78. The molecular weight excluding hydrogens is 426 g/mol. The van der Waals surface area contributed by atoms with Crippen molar-refractivity contribution >= 4 is 40.4 Å². The van der Waals surface area contributed by atoms with Gasteiger partial charge in [0, 0.05) is 28.1 Å². The van der Waals surface area contributed by atoms with Crippen LogP contribution in [0.15, 0.2) is 41.4 Å². The Morgan fingerprint density at radius 1 is 1.23 bits per heavy atom. The highest BCUT2D eigenvalue weighted by Gasteiger charge is 2.55. The molecule has 0 saturated carbocycles. The lowest BCUT2D eigenvalue weighted by Gasteiger charge is -2.44. The summed E-state index contributed by atoms with van der Waals surface area (Å²) in [5.41, 5.74) is 4.32. The van der Waals surface area contributed by atoms with Crippen LogP contribution in [0.25, 0.3) is 0 Å². The summed E-state index contributed by atoms with van der Waals surface area (Å²) in [7, 11) is 1.74. The number of methoxy groups -OCH3 is 1. The van der Waals surface area contributed by atoms with Crippen LogP contribution >= 0.6 is 23.8 Å². The number of nitrogens with one attached hydrogen (secondary N) is 1. The maximum Gasteiger partial charge on any atom is 0.142 e. The fourth-order valence-electron chi connectivity index (χ4n) is 5.45. The van der Waals surface area contributed by atoms with Crippen LogP contribution in [0, 0.1) is 5.41 Å². The van der Waals surface area contributed by atoms with Crippen molar-refractivity contribution in [2.45, 2.75) is 45.1 Å². The molecule has 1 N–H and O–H groups in total. The fraction of sp³-hybridized carbons (Fsp3) is 0.480. The number of thiocarbonyl (C=S) groups is 1. The van der Waals surface area contributed by atoms with E-state index in [0.29, 0.717) is 0 Å². The SMILES string of the molecule is COc1ccc(Cl)c2c1N(CC(C)(C)C)C(c1ccccc1N=C=S)C21CCNCC1. The van der Waals surface area contributed by atoms with Gasteiger partial charge in [0.2, 0.25) is 0 Å². The molecular formula is C25H30ClN3OS. The molecule has 2 aliphatic heterocycles. The Balaban J connectivity index is 2.05. The molecule has 2 aromatic carbocycles. The van der Waals surface area contributed by atoms with Gasteiger partial charge in [-0.15, -0.1) is 0 Å². The Hall–Kier alpha value is -1.91. The van der Waals surface area contributed by atoms with Gasteiger partial charge in [0.25, 0.3) is 0 Å². The second kappa shape index (κ2) is 8.55. The summed E-state index contributed by atoms with van der Waals surface area (Å²) in [4.78, 5) is 6.96. The summed E-state index contributed by atoms with van der Waals surface area (Å²) in [5.74, 6) is 0.875. The van der Waals surface area contributed by atoms with E-state index in [1.165, 1.54) is 11.1 Å². The molecule has 164 valence electrons. The van der Waals surface area contributed by atoms with E-state index < -0.39 is 0 Å². The smallest absolute Gasteiger partial charge is 0.142 e. The first-order chi connectivity index (χ1) is 14.8. The molecule has 1 saturated heterocycles. The number of anilines is 1. The van der Waals surface area contributed by atoms with Crippen molar-refractivity contribution in [3.63, 3.8) is 0 Å². The Morgan fingerprint density at radius 3 is 2.58 bits per heavy atom. The largest absolute Gasteiger partial charge is 0.495 e. The normalized spacial score (nSPS) is 19.8. The minimum Gasteiger partial charge on any atom is -0.495 e. The van der Waals surface area contributed by atoms with Crippen molar-refractivity contribution in [3.8, 4) is 5.75 Å². The van der Waals surface area contributed by atoms with Crippen molar-refractivity contribution in [2.24, 2.45) is 10.4 Å². The van der Waals surface area contributed by atoms with Crippen molar-refractivity contribution < 1.29 is 4.74 Å². The summed E-state index contributed by atoms with van der Waals surface area (Å²) < 4.78 is 5.88. The molecule has 2 aliphatic rings. The molecule has 0 aromatic heterocycles. The number of halogens is 1. The lowest BCUT2D eigenvalue weighted by atomic mass is 9.67. The van der Waals surface area contributed by atoms with Gasteiger partial charge in [0.1, 0.15) is 5.75 Å². The zero-order valence-electron chi connectivity index (χ0n) is 18.7. The number of hydrogen-bond acceptors (Lipinski definition) is 5. The molecule has 4 rings (SSSR count). The molecule has 4 nitrogen and oxygen atoms in total. The number of hydrogen-bond donors (Lipinski definition) is 1. The zero-order valence-corrected chi connectivity index (χ0v) is 20.2. The van der Waals surface area contributed by atoms with Crippen LogP contribution in [0.4, 0.5) is 11.4 Å². The number of aliphatic imine (C=N–C) groups is 1. The van der Waals surface area contributed by atoms with Crippen LogP contribution in [-0.2, 0) is 5.41 Å². The number of benzene rings is 2. The Morgan fingerprint density at radius 2 is 1.94 bits per heavy atom. The third kappa shape index (κ3) is 3.89. The van der Waals surface area contributed by atoms with Crippen molar-refractivity contribution in [2.75, 3.05) is 31.6 Å². The van der Waals surface area contributed by atoms with Gasteiger partial charge >= 0.3 is 0 Å². The average Bonchev–Trinajstić information content (AvgIpc) is 2.98. The summed E-state index contributed by atoms with van der Waals surface area (Å²) in [5, 5.41) is 6.94. The first-order valence-corrected chi connectivity index (χ1v) is 11.6. The van der Waals surface area contributed by atoms with Crippen molar-refractivity contribution in [1.82, 2.24) is 5.32 Å². The quantitative estimate of drug-likeness (QED) is 0.432. The molecule has 0 amide bonds. The first-order valence-electron chi connectivity index (χ1n) is 10.8. The van der Waals surface area contributed by atoms with Crippen molar-refractivity contribution in [3.05, 3.63) is 52.5 Å². The predicted octanol–water partition coefficient (Wildman–Crippen LogP) is 6.31. The maximum atomic E-state index is 6.96. The molecule has 1 unspecified atom stereocenters. The average molecular weight is 456 g/mol. The van der Waals surface area contributed by atoms with E-state index in [1.54, 1.807) is 7.11 Å². The second-order valence-electron chi connectivity index (χ2n) is 9.73. The number of para-hydroxylation sites is 1. The maximum absolute atomic E-state index is 6.96. The molecule has 6 heteroatoms. The molecule has 31 heavy (non-hydrogen) atoms. The fourth-order valence-corrected chi connectivity index (χ4v) is 5.89. The van der Waals surface area contributed by atoms with E-state index in [2.05, 4.69) is 53.3 Å². The van der Waals surface area contributed by atoms with E-state index in [0.717, 1.165) is 54.6 Å². The standard InChI is InChI=1S/C25H30ClN3OS/c1-24(2,3)15-29-22-20(30-4)10-9-18(26)21(22)25(11-13-27-14-12-25)23(29)17-7-5-6-8-19(17)28-16-31/h5-10,23,27H,11-15H2,1-4H3. The van der Waals surface area contributed by atoms with Crippen LogP contribution in [-0.4, -0.2) is 31.9 Å². The monoisotopic (exact) mass is 455 g/mol. The van der Waals surface area contributed by atoms with E-state index in [1.807, 2.05) is 24.3 Å². The lowest BCUT2D eigenvalue weighted by Crippen LogP contribution is -2.46. The molecule has 0 aliphatic carbocycles. The van der Waals surface area contributed by atoms with Gasteiger partial charge in [-0.25, -0.2) is 0 Å². The van der Waals surface area contributed by atoms with Gasteiger partial charge in [0.05, 0.1) is 29.7 Å². The first kappa shape index (κ1) is 22.3. The van der Waals surface area contributed by atoms with Crippen LogP contribution < -0.4 is 15.0 Å². The van der Waals surface area contributed by atoms with Gasteiger partial charge in [-0.2, -0.15) is 4.99 Å². The zero-order chi connectivity index (χ0) is 22.2. The molecule has 2 heterocycles. The minimum absolute atomic E-state index is 0.0731. The number of ether oxygens (including phenoxy) is 1. The molecule has 2 aromatic rings. The summed E-state index contributed by atoms with van der Waals surface area (Å²) in [6.45, 7) is 9.59. The van der Waals surface area contributed by atoms with Crippen molar-refractivity contribution in [1.29, 1.82) is 0 Å². The number of rotatable bonds is 4. The molecule has 1 fully saturated rings. The summed E-state index contributed by atoms with van der Waals surface area (Å²) in [6, 6.07) is 12.4. The third-order valence-electron chi connectivity index (χ3n) is 6.47. The number of piperidine rings is 1. The van der Waals surface area contributed by atoms with Crippen LogP contribution in [0.1, 0.15) is 50.8 Å². The minimum atomic E-state index is -0.134. The van der Waals surface area contributed by atoms with Gasteiger partial charge in [0.15, 0.2) is 0 Å². The van der Waals surface area contributed by atoms with Crippen LogP contribution in [0.2, 0.25) is 5.02 Å². The van der Waals surface area contributed by atoms with Crippen LogP contribution in [0.3, 0.4) is 0 Å². The topological polar surface area (TPSA) is 36.9 Å². The highest BCUT2D eigenvalue weighted by atomic mass is 35.5. The van der Waals surface area contributed by atoms with Gasteiger partial charge < -0.3 is 15.0 Å². The Bertz CT molecular complexity index is 1020.